The number of carbonyl (C=O) groups excluding carboxylic acids is 1. The Kier molecular flexibility index (Phi) is 6.46. The number of aliphatic imine (C=N–C) groups is 1. The molecule has 1 unspecified atom stereocenters. The second kappa shape index (κ2) is 8.57. The van der Waals surface area contributed by atoms with Gasteiger partial charge in [0.15, 0.2) is 5.96 Å². The Morgan fingerprint density at radius 3 is 2.67 bits per heavy atom. The number of amides is 1. The molecule has 1 aromatic rings. The highest BCUT2D eigenvalue weighted by Crippen LogP contribution is 2.13. The van der Waals surface area contributed by atoms with Crippen LogP contribution in [-0.4, -0.2) is 50.1 Å². The lowest BCUT2D eigenvalue weighted by Gasteiger charge is -2.20. The molecule has 0 aromatic heterocycles. The number of guanidine groups is 1. The molecular formula is C18H28N4O2. The van der Waals surface area contributed by atoms with Crippen LogP contribution in [0.15, 0.2) is 29.3 Å². The number of methoxy groups -OCH3 is 1. The van der Waals surface area contributed by atoms with Crippen LogP contribution in [0.1, 0.15) is 25.8 Å². The van der Waals surface area contributed by atoms with Crippen molar-refractivity contribution in [2.45, 2.75) is 32.9 Å². The van der Waals surface area contributed by atoms with Crippen LogP contribution in [0.3, 0.4) is 0 Å². The van der Waals surface area contributed by atoms with E-state index in [2.05, 4.69) is 15.6 Å². The maximum absolute atomic E-state index is 12.1. The number of carbonyl (C=O) groups is 1. The molecule has 0 bridgehead atoms. The van der Waals surface area contributed by atoms with E-state index in [1.54, 1.807) is 14.2 Å². The summed E-state index contributed by atoms with van der Waals surface area (Å²) in [5, 5.41) is 6.71. The molecule has 0 aliphatic carbocycles. The lowest BCUT2D eigenvalue weighted by Crippen LogP contribution is -2.45. The first-order valence-corrected chi connectivity index (χ1v) is 8.42. The number of nitrogens with zero attached hydrogens (tertiary/aromatic N) is 2. The third kappa shape index (κ3) is 4.88. The summed E-state index contributed by atoms with van der Waals surface area (Å²) >= 11 is 0. The number of rotatable bonds is 5. The van der Waals surface area contributed by atoms with Crippen LogP contribution < -0.4 is 15.4 Å². The van der Waals surface area contributed by atoms with E-state index in [4.69, 9.17) is 4.74 Å². The topological polar surface area (TPSA) is 66.0 Å². The lowest BCUT2D eigenvalue weighted by molar-refractivity contribution is -0.133. The summed E-state index contributed by atoms with van der Waals surface area (Å²) < 4.78 is 5.16. The van der Waals surface area contributed by atoms with Crippen molar-refractivity contribution >= 4 is 11.9 Å². The minimum absolute atomic E-state index is 0.0521. The van der Waals surface area contributed by atoms with Gasteiger partial charge in [0.25, 0.3) is 0 Å². The number of ether oxygens (including phenoxy) is 1. The first kappa shape index (κ1) is 18.1. The average Bonchev–Trinajstić information content (AvgIpc) is 3.06. The largest absolute Gasteiger partial charge is 0.497 e. The average molecular weight is 332 g/mol. The highest BCUT2D eigenvalue weighted by Gasteiger charge is 2.27. The summed E-state index contributed by atoms with van der Waals surface area (Å²) in [5.74, 6) is 1.88. The molecular weight excluding hydrogens is 304 g/mol. The molecule has 1 aromatic carbocycles. The Morgan fingerprint density at radius 1 is 1.38 bits per heavy atom. The van der Waals surface area contributed by atoms with Gasteiger partial charge >= 0.3 is 0 Å². The SMILES string of the molecule is CN=C(NCc1ccc(OC)cc1)NC1CCN(C(=O)C(C)C)C1. The fourth-order valence-electron chi connectivity index (χ4n) is 2.76. The monoisotopic (exact) mass is 332 g/mol. The smallest absolute Gasteiger partial charge is 0.225 e. The van der Waals surface area contributed by atoms with E-state index < -0.39 is 0 Å². The van der Waals surface area contributed by atoms with Crippen LogP contribution in [0.25, 0.3) is 0 Å². The number of likely N-dealkylation sites (tertiary alicyclic amines) is 1. The molecule has 1 heterocycles. The first-order valence-electron chi connectivity index (χ1n) is 8.42. The molecule has 0 radical (unpaired) electrons. The zero-order chi connectivity index (χ0) is 17.5. The maximum Gasteiger partial charge on any atom is 0.225 e. The quantitative estimate of drug-likeness (QED) is 0.635. The molecule has 2 rings (SSSR count). The molecule has 1 fully saturated rings. The summed E-state index contributed by atoms with van der Waals surface area (Å²) in [6.45, 7) is 6.12. The van der Waals surface area contributed by atoms with Crippen molar-refractivity contribution < 1.29 is 9.53 Å². The van der Waals surface area contributed by atoms with Gasteiger partial charge in [-0.15, -0.1) is 0 Å². The fraction of sp³-hybridized carbons (Fsp3) is 0.556. The Bertz CT molecular complexity index is 569. The standard InChI is InChI=1S/C18H28N4O2/c1-13(2)17(23)22-10-9-15(12-22)21-18(19-3)20-11-14-5-7-16(24-4)8-6-14/h5-8,13,15H,9-12H2,1-4H3,(H2,19,20,21). The van der Waals surface area contributed by atoms with Gasteiger partial charge in [-0.2, -0.15) is 0 Å². The normalized spacial score (nSPS) is 18.0. The highest BCUT2D eigenvalue weighted by atomic mass is 16.5. The first-order chi connectivity index (χ1) is 11.5. The van der Waals surface area contributed by atoms with Crippen molar-refractivity contribution in [1.29, 1.82) is 0 Å². The Balaban J connectivity index is 1.81. The van der Waals surface area contributed by atoms with Crippen molar-refractivity contribution in [2.24, 2.45) is 10.9 Å². The van der Waals surface area contributed by atoms with Gasteiger partial charge in [-0.25, -0.2) is 0 Å². The number of nitrogens with one attached hydrogen (secondary N) is 2. The van der Waals surface area contributed by atoms with Crippen LogP contribution in [0, 0.1) is 5.92 Å². The molecule has 0 spiro atoms. The summed E-state index contributed by atoms with van der Waals surface area (Å²) in [7, 11) is 3.42. The van der Waals surface area contributed by atoms with Gasteiger partial charge in [0, 0.05) is 38.6 Å². The third-order valence-corrected chi connectivity index (χ3v) is 4.18. The molecule has 1 aliphatic rings. The third-order valence-electron chi connectivity index (χ3n) is 4.18. The van der Waals surface area contributed by atoms with Gasteiger partial charge in [0.1, 0.15) is 5.75 Å². The summed E-state index contributed by atoms with van der Waals surface area (Å²) in [6.07, 6.45) is 0.946. The van der Waals surface area contributed by atoms with E-state index in [9.17, 15) is 4.79 Å². The molecule has 1 amide bonds. The van der Waals surface area contributed by atoms with Crippen LogP contribution in [-0.2, 0) is 11.3 Å². The molecule has 1 atom stereocenters. The number of hydrogen-bond acceptors (Lipinski definition) is 3. The second-order valence-electron chi connectivity index (χ2n) is 6.34. The van der Waals surface area contributed by atoms with E-state index in [0.29, 0.717) is 6.54 Å². The van der Waals surface area contributed by atoms with Crippen LogP contribution >= 0.6 is 0 Å². The summed E-state index contributed by atoms with van der Waals surface area (Å²) in [4.78, 5) is 18.3. The van der Waals surface area contributed by atoms with Gasteiger partial charge < -0.3 is 20.3 Å². The number of benzene rings is 1. The summed E-state index contributed by atoms with van der Waals surface area (Å²) in [6, 6.07) is 8.18. The van der Waals surface area contributed by atoms with E-state index in [0.717, 1.165) is 36.8 Å². The van der Waals surface area contributed by atoms with Crippen LogP contribution in [0.2, 0.25) is 0 Å². The van der Waals surface area contributed by atoms with E-state index in [1.165, 1.54) is 0 Å². The highest BCUT2D eigenvalue weighted by molar-refractivity contribution is 5.81. The van der Waals surface area contributed by atoms with Gasteiger partial charge in [0.05, 0.1) is 7.11 Å². The van der Waals surface area contributed by atoms with E-state index in [1.807, 2.05) is 43.0 Å². The zero-order valence-corrected chi connectivity index (χ0v) is 15.0. The molecule has 6 heteroatoms. The van der Waals surface area contributed by atoms with Crippen LogP contribution in [0.5, 0.6) is 5.75 Å². The van der Waals surface area contributed by atoms with Crippen molar-refractivity contribution in [3.05, 3.63) is 29.8 Å². The molecule has 0 saturated carbocycles. The maximum atomic E-state index is 12.1. The van der Waals surface area contributed by atoms with Gasteiger partial charge in [0.2, 0.25) is 5.91 Å². The van der Waals surface area contributed by atoms with Crippen LogP contribution in [0.4, 0.5) is 0 Å². The lowest BCUT2D eigenvalue weighted by atomic mass is 10.2. The van der Waals surface area contributed by atoms with E-state index >= 15 is 0 Å². The predicted octanol–water partition coefficient (Wildman–Crippen LogP) is 1.62. The minimum Gasteiger partial charge on any atom is -0.497 e. The molecule has 1 aliphatic heterocycles. The van der Waals surface area contributed by atoms with Gasteiger partial charge in [-0.3, -0.25) is 9.79 Å². The molecule has 6 nitrogen and oxygen atoms in total. The number of hydrogen-bond donors (Lipinski definition) is 2. The van der Waals surface area contributed by atoms with Gasteiger partial charge in [-0.05, 0) is 24.1 Å². The molecule has 1 saturated heterocycles. The fourth-order valence-corrected chi connectivity index (χ4v) is 2.76. The molecule has 24 heavy (non-hydrogen) atoms. The predicted molar refractivity (Wildman–Crippen MR) is 96.2 cm³/mol. The molecule has 2 N–H and O–H groups in total. The summed E-state index contributed by atoms with van der Waals surface area (Å²) in [5.41, 5.74) is 1.15. The Morgan fingerprint density at radius 2 is 2.08 bits per heavy atom. The molecule has 132 valence electrons. The van der Waals surface area contributed by atoms with E-state index in [-0.39, 0.29) is 17.9 Å². The van der Waals surface area contributed by atoms with Crippen molar-refractivity contribution in [3.8, 4) is 5.75 Å². The Labute approximate surface area is 144 Å². The van der Waals surface area contributed by atoms with Crippen molar-refractivity contribution in [3.63, 3.8) is 0 Å². The minimum atomic E-state index is 0.0521. The zero-order valence-electron chi connectivity index (χ0n) is 15.0. The van der Waals surface area contributed by atoms with Crippen molar-refractivity contribution in [1.82, 2.24) is 15.5 Å². The van der Waals surface area contributed by atoms with Gasteiger partial charge in [-0.1, -0.05) is 26.0 Å². The van der Waals surface area contributed by atoms with Crippen molar-refractivity contribution in [2.75, 3.05) is 27.2 Å². The second-order valence-corrected chi connectivity index (χ2v) is 6.34. The Hall–Kier alpha value is -2.24.